The molecule has 7 heteroatoms. The van der Waals surface area contributed by atoms with Crippen molar-refractivity contribution in [1.82, 2.24) is 0 Å². The van der Waals surface area contributed by atoms with E-state index in [4.69, 9.17) is 14.2 Å². The number of para-hydroxylation sites is 2. The van der Waals surface area contributed by atoms with Crippen molar-refractivity contribution in [2.24, 2.45) is 0 Å². The first-order valence-corrected chi connectivity index (χ1v) is 9.38. The molecule has 0 aromatic heterocycles. The molecule has 0 atom stereocenters. The zero-order valence-corrected chi connectivity index (χ0v) is 16.3. The number of ether oxygens (including phenoxy) is 3. The molecule has 0 saturated carbocycles. The van der Waals surface area contributed by atoms with Crippen LogP contribution in [-0.4, -0.2) is 25.2 Å². The van der Waals surface area contributed by atoms with Gasteiger partial charge in [-0.2, -0.15) is 0 Å². The first-order chi connectivity index (χ1) is 14.6. The molecule has 0 spiro atoms. The molecule has 0 bridgehead atoms. The summed E-state index contributed by atoms with van der Waals surface area (Å²) in [5.41, 5.74) is 2.23. The Hall–Kier alpha value is -4.00. The average Bonchev–Trinajstić information content (AvgIpc) is 3.21. The molecule has 0 aliphatic carbocycles. The number of fused-ring (bicyclic) bond motifs is 1. The van der Waals surface area contributed by atoms with Crippen LogP contribution in [0.4, 0.5) is 11.4 Å². The van der Waals surface area contributed by atoms with Gasteiger partial charge in [-0.3, -0.25) is 9.59 Å². The lowest BCUT2D eigenvalue weighted by molar-refractivity contribution is -0.118. The Morgan fingerprint density at radius 2 is 1.70 bits per heavy atom. The second kappa shape index (κ2) is 8.57. The number of anilines is 2. The molecule has 0 radical (unpaired) electrons. The second-order valence-corrected chi connectivity index (χ2v) is 6.67. The quantitative estimate of drug-likeness (QED) is 0.649. The second-order valence-electron chi connectivity index (χ2n) is 6.67. The third-order valence-electron chi connectivity index (χ3n) is 4.53. The van der Waals surface area contributed by atoms with Gasteiger partial charge in [0, 0.05) is 11.8 Å². The number of hydrogen-bond donors (Lipinski definition) is 2. The van der Waals surface area contributed by atoms with Crippen LogP contribution in [0.1, 0.15) is 15.9 Å². The molecular formula is C23H20N2O5. The number of nitrogens with one attached hydrogen (secondary N) is 2. The Kier molecular flexibility index (Phi) is 5.52. The van der Waals surface area contributed by atoms with Gasteiger partial charge in [-0.15, -0.1) is 0 Å². The smallest absolute Gasteiger partial charge is 0.262 e. The van der Waals surface area contributed by atoms with Crippen LogP contribution in [0.25, 0.3) is 0 Å². The summed E-state index contributed by atoms with van der Waals surface area (Å²) in [6.07, 6.45) is 0. The highest BCUT2D eigenvalue weighted by Gasteiger charge is 2.17. The molecule has 4 rings (SSSR count). The summed E-state index contributed by atoms with van der Waals surface area (Å²) < 4.78 is 16.2. The van der Waals surface area contributed by atoms with Gasteiger partial charge in [-0.1, -0.05) is 30.3 Å². The summed E-state index contributed by atoms with van der Waals surface area (Å²) in [4.78, 5) is 25.1. The minimum Gasteiger partial charge on any atom is -0.483 e. The molecule has 30 heavy (non-hydrogen) atoms. The molecule has 0 saturated heterocycles. The summed E-state index contributed by atoms with van der Waals surface area (Å²) in [7, 11) is 0. The van der Waals surface area contributed by atoms with E-state index in [2.05, 4.69) is 10.6 Å². The average molecular weight is 404 g/mol. The van der Waals surface area contributed by atoms with Crippen molar-refractivity contribution in [3.63, 3.8) is 0 Å². The van der Waals surface area contributed by atoms with Gasteiger partial charge in [0.1, 0.15) is 5.75 Å². The third-order valence-corrected chi connectivity index (χ3v) is 4.53. The third kappa shape index (κ3) is 4.35. The lowest BCUT2D eigenvalue weighted by Gasteiger charge is -2.13. The van der Waals surface area contributed by atoms with E-state index in [1.807, 2.05) is 25.1 Å². The van der Waals surface area contributed by atoms with E-state index in [0.717, 1.165) is 5.56 Å². The summed E-state index contributed by atoms with van der Waals surface area (Å²) in [6, 6.07) is 19.4. The Labute approximate surface area is 173 Å². The van der Waals surface area contributed by atoms with Crippen LogP contribution in [0.2, 0.25) is 0 Å². The fourth-order valence-electron chi connectivity index (χ4n) is 3.01. The van der Waals surface area contributed by atoms with Gasteiger partial charge in [-0.25, -0.2) is 0 Å². The molecule has 0 fully saturated rings. The molecule has 1 aliphatic heterocycles. The van der Waals surface area contributed by atoms with Crippen LogP contribution in [0.3, 0.4) is 0 Å². The Balaban J connectivity index is 1.42. The van der Waals surface area contributed by atoms with E-state index in [0.29, 0.717) is 34.2 Å². The van der Waals surface area contributed by atoms with Crippen LogP contribution in [0.5, 0.6) is 17.2 Å². The predicted molar refractivity (Wildman–Crippen MR) is 112 cm³/mol. The molecule has 3 aromatic rings. The lowest BCUT2D eigenvalue weighted by atomic mass is 10.1. The maximum absolute atomic E-state index is 12.8. The highest BCUT2D eigenvalue weighted by Crippen LogP contribution is 2.34. The summed E-state index contributed by atoms with van der Waals surface area (Å²) in [5.74, 6) is 1.13. The van der Waals surface area contributed by atoms with Crippen LogP contribution < -0.4 is 24.8 Å². The molecule has 152 valence electrons. The minimum atomic E-state index is -0.360. The Morgan fingerprint density at radius 1 is 0.933 bits per heavy atom. The van der Waals surface area contributed by atoms with Gasteiger partial charge >= 0.3 is 0 Å². The molecule has 2 N–H and O–H groups in total. The fraction of sp³-hybridized carbons (Fsp3) is 0.130. The largest absolute Gasteiger partial charge is 0.483 e. The highest BCUT2D eigenvalue weighted by molar-refractivity contribution is 6.10. The van der Waals surface area contributed by atoms with Crippen molar-refractivity contribution < 1.29 is 23.8 Å². The summed E-state index contributed by atoms with van der Waals surface area (Å²) in [5, 5.41) is 5.55. The zero-order chi connectivity index (χ0) is 20.9. The lowest BCUT2D eigenvalue weighted by Crippen LogP contribution is -2.23. The summed E-state index contributed by atoms with van der Waals surface area (Å²) in [6.45, 7) is 1.90. The first kappa shape index (κ1) is 19.3. The van der Waals surface area contributed by atoms with Crippen molar-refractivity contribution in [1.29, 1.82) is 0 Å². The van der Waals surface area contributed by atoms with Crippen molar-refractivity contribution in [2.75, 3.05) is 24.0 Å². The molecule has 7 nitrogen and oxygen atoms in total. The predicted octanol–water partition coefficient (Wildman–Crippen LogP) is 3.99. The van der Waals surface area contributed by atoms with Crippen molar-refractivity contribution >= 4 is 23.2 Å². The van der Waals surface area contributed by atoms with Gasteiger partial charge in [0.15, 0.2) is 18.1 Å². The van der Waals surface area contributed by atoms with Gasteiger partial charge in [0.2, 0.25) is 6.79 Å². The van der Waals surface area contributed by atoms with E-state index in [1.165, 1.54) is 0 Å². The first-order valence-electron chi connectivity index (χ1n) is 9.38. The van der Waals surface area contributed by atoms with E-state index >= 15 is 0 Å². The number of carbonyl (C=O) groups is 2. The number of aryl methyl sites for hydroxylation is 1. The molecular weight excluding hydrogens is 384 g/mol. The van der Waals surface area contributed by atoms with Crippen LogP contribution in [0, 0.1) is 6.92 Å². The fourth-order valence-corrected chi connectivity index (χ4v) is 3.01. The molecule has 2 amide bonds. The number of hydrogen-bond acceptors (Lipinski definition) is 5. The van der Waals surface area contributed by atoms with E-state index in [-0.39, 0.29) is 25.2 Å². The maximum atomic E-state index is 12.8. The Bertz CT molecular complexity index is 1100. The van der Waals surface area contributed by atoms with Gasteiger partial charge in [-0.05, 0) is 42.8 Å². The number of rotatable bonds is 6. The van der Waals surface area contributed by atoms with Gasteiger partial charge in [0.05, 0.1) is 11.3 Å². The number of benzene rings is 3. The van der Waals surface area contributed by atoms with Crippen molar-refractivity contribution in [3.8, 4) is 17.2 Å². The van der Waals surface area contributed by atoms with Crippen LogP contribution in [-0.2, 0) is 4.79 Å². The van der Waals surface area contributed by atoms with Crippen LogP contribution >= 0.6 is 0 Å². The van der Waals surface area contributed by atoms with E-state index < -0.39 is 0 Å². The molecule has 0 unspecified atom stereocenters. The Morgan fingerprint density at radius 3 is 2.57 bits per heavy atom. The molecule has 3 aromatic carbocycles. The van der Waals surface area contributed by atoms with Crippen molar-refractivity contribution in [2.45, 2.75) is 6.92 Å². The van der Waals surface area contributed by atoms with Crippen molar-refractivity contribution in [3.05, 3.63) is 77.9 Å². The number of amides is 2. The SMILES string of the molecule is Cc1ccccc1OCC(=O)Nc1ccccc1C(=O)Nc1ccc2c(c1)OCO2. The van der Waals surface area contributed by atoms with E-state index in [9.17, 15) is 9.59 Å². The normalized spacial score (nSPS) is 11.6. The topological polar surface area (TPSA) is 85.9 Å². The standard InChI is InChI=1S/C23H20N2O5/c1-15-6-2-5-9-19(15)28-13-22(26)25-18-8-4-3-7-17(18)23(27)24-16-10-11-20-21(12-16)30-14-29-20/h2-12H,13-14H2,1H3,(H,24,27)(H,25,26). The zero-order valence-electron chi connectivity index (χ0n) is 16.3. The highest BCUT2D eigenvalue weighted by atomic mass is 16.7. The summed E-state index contributed by atoms with van der Waals surface area (Å²) >= 11 is 0. The van der Waals surface area contributed by atoms with Gasteiger partial charge in [0.25, 0.3) is 11.8 Å². The number of carbonyl (C=O) groups excluding carboxylic acids is 2. The minimum absolute atomic E-state index is 0.159. The maximum Gasteiger partial charge on any atom is 0.262 e. The monoisotopic (exact) mass is 404 g/mol. The molecule has 1 heterocycles. The van der Waals surface area contributed by atoms with Gasteiger partial charge < -0.3 is 24.8 Å². The molecule has 1 aliphatic rings. The van der Waals surface area contributed by atoms with E-state index in [1.54, 1.807) is 48.5 Å². The van der Waals surface area contributed by atoms with Crippen LogP contribution in [0.15, 0.2) is 66.7 Å².